The van der Waals surface area contributed by atoms with E-state index in [-0.39, 0.29) is 6.61 Å². The minimum absolute atomic E-state index is 0.155. The summed E-state index contributed by atoms with van der Waals surface area (Å²) >= 11 is 7.43. The summed E-state index contributed by atoms with van der Waals surface area (Å²) in [6.07, 6.45) is 3.06. The van der Waals surface area contributed by atoms with Crippen molar-refractivity contribution < 1.29 is 9.53 Å². The monoisotopic (exact) mass is 355 g/mol. The molecule has 1 heterocycles. The van der Waals surface area contributed by atoms with Gasteiger partial charge in [0, 0.05) is 22.0 Å². The fourth-order valence-corrected chi connectivity index (χ4v) is 3.06. The van der Waals surface area contributed by atoms with Crippen LogP contribution in [0.3, 0.4) is 0 Å². The fraction of sp³-hybridized carbons (Fsp3) is 0.0526. The van der Waals surface area contributed by atoms with Crippen LogP contribution in [0.1, 0.15) is 11.3 Å². The van der Waals surface area contributed by atoms with Gasteiger partial charge in [0.2, 0.25) is 0 Å². The maximum atomic E-state index is 11.8. The second-order valence-corrected chi connectivity index (χ2v) is 6.30. The highest BCUT2D eigenvalue weighted by molar-refractivity contribution is 7.13. The zero-order valence-corrected chi connectivity index (χ0v) is 14.3. The molecule has 120 valence electrons. The van der Waals surface area contributed by atoms with Crippen LogP contribution in [0.4, 0.5) is 0 Å². The Kier molecular flexibility index (Phi) is 5.41. The molecule has 0 aliphatic carbocycles. The van der Waals surface area contributed by atoms with Gasteiger partial charge >= 0.3 is 5.97 Å². The molecule has 1 aromatic heterocycles. The molecule has 0 spiro atoms. The zero-order valence-electron chi connectivity index (χ0n) is 12.7. The van der Waals surface area contributed by atoms with Gasteiger partial charge in [-0.25, -0.2) is 9.78 Å². The Hall–Kier alpha value is -2.43. The molecule has 0 unspecified atom stereocenters. The summed E-state index contributed by atoms with van der Waals surface area (Å²) in [7, 11) is 0. The van der Waals surface area contributed by atoms with E-state index in [0.29, 0.717) is 5.02 Å². The summed E-state index contributed by atoms with van der Waals surface area (Å²) in [6, 6.07) is 17.2. The van der Waals surface area contributed by atoms with Gasteiger partial charge in [-0.2, -0.15) is 0 Å². The largest absolute Gasteiger partial charge is 0.456 e. The van der Waals surface area contributed by atoms with Gasteiger partial charge in [0.25, 0.3) is 0 Å². The minimum atomic E-state index is -0.413. The van der Waals surface area contributed by atoms with Crippen molar-refractivity contribution in [2.45, 2.75) is 6.61 Å². The van der Waals surface area contributed by atoms with E-state index in [1.165, 1.54) is 17.4 Å². The second kappa shape index (κ2) is 7.90. The molecule has 2 aromatic carbocycles. The number of aromatic nitrogens is 1. The predicted octanol–water partition coefficient (Wildman–Crippen LogP) is 5.22. The Morgan fingerprint density at radius 3 is 2.79 bits per heavy atom. The summed E-state index contributed by atoms with van der Waals surface area (Å²) in [5, 5.41) is 3.44. The SMILES string of the molecule is O=C(/C=C/c1cccc(Cl)c1)OCc1csc(-c2ccccc2)n1. The third-order valence-electron chi connectivity index (χ3n) is 3.20. The first kappa shape index (κ1) is 16.4. The van der Waals surface area contributed by atoms with E-state index in [1.807, 2.05) is 47.8 Å². The average Bonchev–Trinajstić information content (AvgIpc) is 3.08. The van der Waals surface area contributed by atoms with Gasteiger partial charge in [-0.05, 0) is 23.8 Å². The number of esters is 1. The topological polar surface area (TPSA) is 39.2 Å². The number of hydrogen-bond acceptors (Lipinski definition) is 4. The second-order valence-electron chi connectivity index (χ2n) is 5.01. The average molecular weight is 356 g/mol. The fourth-order valence-electron chi connectivity index (χ4n) is 2.05. The molecule has 0 saturated heterocycles. The number of hydrogen-bond donors (Lipinski definition) is 0. The van der Waals surface area contributed by atoms with E-state index in [0.717, 1.165) is 21.8 Å². The first-order valence-electron chi connectivity index (χ1n) is 7.31. The van der Waals surface area contributed by atoms with Crippen molar-refractivity contribution >= 4 is 35.0 Å². The van der Waals surface area contributed by atoms with Crippen LogP contribution < -0.4 is 0 Å². The lowest BCUT2D eigenvalue weighted by Gasteiger charge is -1.99. The highest BCUT2D eigenvalue weighted by atomic mass is 35.5. The lowest BCUT2D eigenvalue weighted by molar-refractivity contribution is -0.139. The first-order chi connectivity index (χ1) is 11.7. The first-order valence-corrected chi connectivity index (χ1v) is 8.57. The Balaban J connectivity index is 1.56. The van der Waals surface area contributed by atoms with E-state index in [9.17, 15) is 4.79 Å². The number of ether oxygens (including phenoxy) is 1. The maximum absolute atomic E-state index is 11.8. The summed E-state index contributed by atoms with van der Waals surface area (Å²) in [4.78, 5) is 16.3. The number of halogens is 1. The van der Waals surface area contributed by atoms with Gasteiger partial charge < -0.3 is 4.74 Å². The number of thiazole rings is 1. The van der Waals surface area contributed by atoms with Crippen LogP contribution in [0.25, 0.3) is 16.6 Å². The zero-order chi connectivity index (χ0) is 16.8. The summed E-state index contributed by atoms with van der Waals surface area (Å²) in [5.41, 5.74) is 2.64. The Bertz CT molecular complexity index is 859. The summed E-state index contributed by atoms with van der Waals surface area (Å²) < 4.78 is 5.21. The maximum Gasteiger partial charge on any atom is 0.331 e. The van der Waals surface area contributed by atoms with Gasteiger partial charge in [0.1, 0.15) is 11.6 Å². The number of carbonyl (C=O) groups is 1. The third kappa shape index (κ3) is 4.54. The van der Waals surface area contributed by atoms with Gasteiger partial charge in [-0.15, -0.1) is 11.3 Å². The molecule has 3 aromatic rings. The van der Waals surface area contributed by atoms with Crippen molar-refractivity contribution in [1.82, 2.24) is 4.98 Å². The molecule has 0 N–H and O–H groups in total. The Morgan fingerprint density at radius 2 is 2.00 bits per heavy atom. The number of benzene rings is 2. The molecule has 0 atom stereocenters. The molecule has 0 bridgehead atoms. The van der Waals surface area contributed by atoms with Crippen LogP contribution in [0, 0.1) is 0 Å². The van der Waals surface area contributed by atoms with E-state index >= 15 is 0 Å². The number of nitrogens with zero attached hydrogens (tertiary/aromatic N) is 1. The molecule has 0 aliphatic rings. The van der Waals surface area contributed by atoms with E-state index in [4.69, 9.17) is 16.3 Å². The van der Waals surface area contributed by atoms with Gasteiger partial charge in [-0.1, -0.05) is 54.1 Å². The highest BCUT2D eigenvalue weighted by Crippen LogP contribution is 2.23. The molecule has 0 saturated carbocycles. The normalized spacial score (nSPS) is 10.9. The molecule has 5 heteroatoms. The van der Waals surface area contributed by atoms with E-state index < -0.39 is 5.97 Å². The Morgan fingerprint density at radius 1 is 1.17 bits per heavy atom. The van der Waals surface area contributed by atoms with Crippen LogP contribution in [-0.4, -0.2) is 11.0 Å². The summed E-state index contributed by atoms with van der Waals surface area (Å²) in [5.74, 6) is -0.413. The Labute approximate surface area is 149 Å². The molecular weight excluding hydrogens is 342 g/mol. The molecule has 3 rings (SSSR count). The van der Waals surface area contributed by atoms with Crippen LogP contribution >= 0.6 is 22.9 Å². The van der Waals surface area contributed by atoms with E-state index in [1.54, 1.807) is 18.2 Å². The molecule has 0 radical (unpaired) electrons. The van der Waals surface area contributed by atoms with Crippen molar-refractivity contribution in [3.63, 3.8) is 0 Å². The molecular formula is C19H14ClNO2S. The smallest absolute Gasteiger partial charge is 0.331 e. The molecule has 0 aliphatic heterocycles. The van der Waals surface area contributed by atoms with Crippen LogP contribution in [0.5, 0.6) is 0 Å². The van der Waals surface area contributed by atoms with Crippen molar-refractivity contribution in [1.29, 1.82) is 0 Å². The van der Waals surface area contributed by atoms with Gasteiger partial charge in [-0.3, -0.25) is 0 Å². The van der Waals surface area contributed by atoms with E-state index in [2.05, 4.69) is 4.98 Å². The standard InChI is InChI=1S/C19H14ClNO2S/c20-16-8-4-5-14(11-16)9-10-18(22)23-12-17-13-24-19(21-17)15-6-2-1-3-7-15/h1-11,13H,12H2/b10-9+. The van der Waals surface area contributed by atoms with Crippen molar-refractivity contribution in [2.75, 3.05) is 0 Å². The lowest BCUT2D eigenvalue weighted by Crippen LogP contribution is -2.00. The van der Waals surface area contributed by atoms with Gasteiger partial charge in [0.05, 0.1) is 5.69 Å². The molecule has 3 nitrogen and oxygen atoms in total. The number of carbonyl (C=O) groups excluding carboxylic acids is 1. The lowest BCUT2D eigenvalue weighted by atomic mass is 10.2. The minimum Gasteiger partial charge on any atom is -0.456 e. The number of rotatable bonds is 5. The van der Waals surface area contributed by atoms with Crippen molar-refractivity contribution in [3.8, 4) is 10.6 Å². The molecule has 0 amide bonds. The predicted molar refractivity (Wildman–Crippen MR) is 97.8 cm³/mol. The highest BCUT2D eigenvalue weighted by Gasteiger charge is 2.06. The van der Waals surface area contributed by atoms with Crippen molar-refractivity contribution in [2.24, 2.45) is 0 Å². The van der Waals surface area contributed by atoms with Crippen molar-refractivity contribution in [3.05, 3.63) is 82.3 Å². The van der Waals surface area contributed by atoms with Crippen LogP contribution in [0.15, 0.2) is 66.1 Å². The quantitative estimate of drug-likeness (QED) is 0.465. The summed E-state index contributed by atoms with van der Waals surface area (Å²) in [6.45, 7) is 0.155. The molecule has 24 heavy (non-hydrogen) atoms. The molecule has 0 fully saturated rings. The van der Waals surface area contributed by atoms with Gasteiger partial charge in [0.15, 0.2) is 0 Å². The third-order valence-corrected chi connectivity index (χ3v) is 4.37. The van der Waals surface area contributed by atoms with Crippen LogP contribution in [-0.2, 0) is 16.1 Å². The van der Waals surface area contributed by atoms with Crippen LogP contribution in [0.2, 0.25) is 5.02 Å².